The van der Waals surface area contributed by atoms with E-state index in [1.807, 2.05) is 4.72 Å². The molecule has 0 aliphatic carbocycles. The molecule has 36 heavy (non-hydrogen) atoms. The lowest BCUT2D eigenvalue weighted by atomic mass is 10.1. The van der Waals surface area contributed by atoms with E-state index in [1.165, 1.54) is 24.1 Å². The highest BCUT2D eigenvalue weighted by molar-refractivity contribution is 7.92. The Bertz CT molecular complexity index is 1440. The lowest BCUT2D eigenvalue weighted by molar-refractivity contribution is -0.117. The van der Waals surface area contributed by atoms with Gasteiger partial charge in [0.05, 0.1) is 12.8 Å². The molecular formula is C24H25N3O8S. The normalized spacial score (nSPS) is 14.4. The number of benzene rings is 3. The molecule has 0 aromatic heterocycles. The van der Waals surface area contributed by atoms with Gasteiger partial charge in [0.1, 0.15) is 48.3 Å². The molecule has 0 unspecified atom stereocenters. The van der Waals surface area contributed by atoms with Crippen LogP contribution in [0.25, 0.3) is 10.8 Å². The van der Waals surface area contributed by atoms with Crippen molar-refractivity contribution in [3.63, 3.8) is 0 Å². The number of nitrogens with one attached hydrogen (secondary N) is 1. The molecule has 0 saturated carbocycles. The first-order valence-electron chi connectivity index (χ1n) is 10.8. The van der Waals surface area contributed by atoms with Gasteiger partial charge in [0.25, 0.3) is 11.8 Å². The van der Waals surface area contributed by atoms with Gasteiger partial charge >= 0.3 is 10.2 Å². The predicted octanol–water partition coefficient (Wildman–Crippen LogP) is 1.89. The number of rotatable bonds is 8. The summed E-state index contributed by atoms with van der Waals surface area (Å²) in [5.41, 5.74) is 0.297. The lowest BCUT2D eigenvalue weighted by Crippen LogP contribution is -2.29. The van der Waals surface area contributed by atoms with Crippen LogP contribution in [-0.4, -0.2) is 71.2 Å². The van der Waals surface area contributed by atoms with Gasteiger partial charge in [-0.15, -0.1) is 0 Å². The van der Waals surface area contributed by atoms with Gasteiger partial charge in [0.15, 0.2) is 0 Å². The number of phenols is 1. The summed E-state index contributed by atoms with van der Waals surface area (Å²) in [7, 11) is 0.692. The number of anilines is 1. The smallest absolute Gasteiger partial charge is 0.326 e. The zero-order chi connectivity index (χ0) is 26.0. The summed E-state index contributed by atoms with van der Waals surface area (Å²) in [5.74, 6) is 0.0391. The van der Waals surface area contributed by atoms with Crippen LogP contribution in [0.5, 0.6) is 23.0 Å². The second kappa shape index (κ2) is 9.82. The van der Waals surface area contributed by atoms with Gasteiger partial charge in [-0.25, -0.2) is 9.03 Å². The van der Waals surface area contributed by atoms with Crippen LogP contribution in [0.2, 0.25) is 0 Å². The maximum absolute atomic E-state index is 12.6. The van der Waals surface area contributed by atoms with E-state index in [0.29, 0.717) is 33.6 Å². The fourth-order valence-corrected chi connectivity index (χ4v) is 4.90. The molecule has 190 valence electrons. The van der Waals surface area contributed by atoms with Crippen molar-refractivity contribution in [2.75, 3.05) is 45.3 Å². The third-order valence-corrected chi connectivity index (χ3v) is 6.82. The van der Waals surface area contributed by atoms with Crippen LogP contribution in [0.1, 0.15) is 10.4 Å². The third kappa shape index (κ3) is 4.93. The number of carbonyl (C=O) groups is 2. The zero-order valence-corrected chi connectivity index (χ0v) is 20.7. The highest BCUT2D eigenvalue weighted by Gasteiger charge is 2.35. The summed E-state index contributed by atoms with van der Waals surface area (Å²) in [6.45, 7) is -0.126. The molecule has 3 aromatic carbocycles. The molecule has 3 aromatic rings. The Labute approximate surface area is 208 Å². The minimum absolute atomic E-state index is 0.0163. The van der Waals surface area contributed by atoms with Gasteiger partial charge in [-0.2, -0.15) is 8.42 Å². The largest absolute Gasteiger partial charge is 0.506 e. The minimum Gasteiger partial charge on any atom is -0.506 e. The standard InChI is InChI=1S/C24H25N3O8S/c1-26(2)24(30)23-20(33-3)5-4-6-21(23)35-10-9-34-17-8-7-15-13-19(28)18(12-16(15)11-17)27-14-22(29)25-36(27,31)32/h4-8,11-13,28H,9-10,14H2,1-3H3,(H,25,29). The molecule has 2 amide bonds. The van der Waals surface area contributed by atoms with Gasteiger partial charge in [0, 0.05) is 14.1 Å². The molecule has 0 radical (unpaired) electrons. The maximum atomic E-state index is 12.6. The monoisotopic (exact) mass is 515 g/mol. The van der Waals surface area contributed by atoms with Crippen molar-refractivity contribution in [1.29, 1.82) is 0 Å². The van der Waals surface area contributed by atoms with E-state index in [1.54, 1.807) is 50.5 Å². The van der Waals surface area contributed by atoms with Gasteiger partial charge in [-0.1, -0.05) is 12.1 Å². The Balaban J connectivity index is 1.48. The van der Waals surface area contributed by atoms with Crippen molar-refractivity contribution in [2.24, 2.45) is 0 Å². The van der Waals surface area contributed by atoms with Crippen molar-refractivity contribution < 1.29 is 37.3 Å². The van der Waals surface area contributed by atoms with Gasteiger partial charge < -0.3 is 24.2 Å². The molecule has 1 aliphatic heterocycles. The molecule has 1 aliphatic rings. The first-order valence-corrected chi connectivity index (χ1v) is 12.3. The fraction of sp³-hybridized carbons (Fsp3) is 0.250. The van der Waals surface area contributed by atoms with Crippen LogP contribution in [0.4, 0.5) is 5.69 Å². The maximum Gasteiger partial charge on any atom is 0.326 e. The van der Waals surface area contributed by atoms with Gasteiger partial charge in [-0.3, -0.25) is 9.59 Å². The summed E-state index contributed by atoms with van der Waals surface area (Å²) in [5, 5.41) is 11.6. The Morgan fingerprint density at radius 2 is 1.78 bits per heavy atom. The van der Waals surface area contributed by atoms with Crippen molar-refractivity contribution in [2.45, 2.75) is 0 Å². The number of methoxy groups -OCH3 is 1. The number of hydrogen-bond donors (Lipinski definition) is 2. The molecule has 2 N–H and O–H groups in total. The number of ether oxygens (including phenoxy) is 3. The molecule has 0 atom stereocenters. The first kappa shape index (κ1) is 24.9. The topological polar surface area (TPSA) is 135 Å². The second-order valence-electron chi connectivity index (χ2n) is 8.12. The number of nitrogens with zero attached hydrogens (tertiary/aromatic N) is 2. The number of amides is 2. The second-order valence-corrected chi connectivity index (χ2v) is 9.71. The molecule has 1 saturated heterocycles. The minimum atomic E-state index is -4.06. The zero-order valence-electron chi connectivity index (χ0n) is 19.8. The van der Waals surface area contributed by atoms with E-state index in [9.17, 15) is 23.1 Å². The summed E-state index contributed by atoms with van der Waals surface area (Å²) in [6.07, 6.45) is 0. The van der Waals surface area contributed by atoms with Crippen LogP contribution in [0.15, 0.2) is 48.5 Å². The van der Waals surface area contributed by atoms with Crippen LogP contribution >= 0.6 is 0 Å². The number of hydrogen-bond acceptors (Lipinski definition) is 8. The molecule has 12 heteroatoms. The molecule has 0 spiro atoms. The van der Waals surface area contributed by atoms with Crippen molar-refractivity contribution in [1.82, 2.24) is 9.62 Å². The van der Waals surface area contributed by atoms with Crippen LogP contribution < -0.4 is 23.2 Å². The highest BCUT2D eigenvalue weighted by atomic mass is 32.2. The fourth-order valence-electron chi connectivity index (χ4n) is 3.75. The average molecular weight is 516 g/mol. The number of phenolic OH excluding ortho intramolecular Hbond substituents is 1. The van der Waals surface area contributed by atoms with Crippen molar-refractivity contribution >= 4 is 38.5 Å². The number of fused-ring (bicyclic) bond motifs is 1. The summed E-state index contributed by atoms with van der Waals surface area (Å²) in [4.78, 5) is 25.6. The van der Waals surface area contributed by atoms with E-state index in [0.717, 1.165) is 4.31 Å². The Morgan fingerprint density at radius 1 is 1.06 bits per heavy atom. The Hall–Kier alpha value is -4.19. The molecule has 0 bridgehead atoms. The van der Waals surface area contributed by atoms with Crippen LogP contribution in [0, 0.1) is 0 Å². The van der Waals surface area contributed by atoms with Crippen molar-refractivity contribution in [3.05, 3.63) is 54.1 Å². The van der Waals surface area contributed by atoms with E-state index in [2.05, 4.69) is 0 Å². The first-order chi connectivity index (χ1) is 17.1. The SMILES string of the molecule is COc1cccc(OCCOc2ccc3cc(O)c(N4CC(=O)NS4(=O)=O)cc3c2)c1C(=O)N(C)C. The summed E-state index contributed by atoms with van der Waals surface area (Å²) in [6, 6.07) is 13.1. The van der Waals surface area contributed by atoms with Gasteiger partial charge in [-0.05, 0) is 47.2 Å². The molecule has 1 fully saturated rings. The van der Waals surface area contributed by atoms with E-state index in [-0.39, 0.29) is 30.6 Å². The summed E-state index contributed by atoms with van der Waals surface area (Å²) >= 11 is 0. The average Bonchev–Trinajstić information content (AvgIpc) is 3.12. The number of carbonyl (C=O) groups excluding carboxylic acids is 2. The highest BCUT2D eigenvalue weighted by Crippen LogP contribution is 2.36. The predicted molar refractivity (Wildman–Crippen MR) is 132 cm³/mol. The number of aromatic hydroxyl groups is 1. The quantitative estimate of drug-likeness (QED) is 0.435. The van der Waals surface area contributed by atoms with Crippen molar-refractivity contribution in [3.8, 4) is 23.0 Å². The molecule has 11 nitrogen and oxygen atoms in total. The Kier molecular flexibility index (Phi) is 6.80. The third-order valence-electron chi connectivity index (χ3n) is 5.43. The summed E-state index contributed by atoms with van der Waals surface area (Å²) < 4.78 is 43.9. The van der Waals surface area contributed by atoms with Gasteiger partial charge in [0.2, 0.25) is 0 Å². The Morgan fingerprint density at radius 3 is 2.44 bits per heavy atom. The molecule has 4 rings (SSSR count). The van der Waals surface area contributed by atoms with E-state index >= 15 is 0 Å². The van der Waals surface area contributed by atoms with E-state index < -0.39 is 22.7 Å². The van der Waals surface area contributed by atoms with E-state index in [4.69, 9.17) is 14.2 Å². The van der Waals surface area contributed by atoms with Crippen LogP contribution in [-0.2, 0) is 15.0 Å². The molecule has 1 heterocycles. The lowest BCUT2D eigenvalue weighted by Gasteiger charge is -2.18. The molecular weight excluding hydrogens is 490 g/mol. The van der Waals surface area contributed by atoms with Crippen LogP contribution in [0.3, 0.4) is 0 Å².